The minimum absolute atomic E-state index is 0.0880. The molecule has 1 aromatic heterocycles. The molecule has 0 aliphatic heterocycles. The molecule has 8 nitrogen and oxygen atoms in total. The van der Waals surface area contributed by atoms with E-state index >= 15 is 0 Å². The van der Waals surface area contributed by atoms with Gasteiger partial charge in [0.15, 0.2) is 5.75 Å². The van der Waals surface area contributed by atoms with E-state index in [-0.39, 0.29) is 17.0 Å². The number of rotatable bonds is 3. The molecule has 1 heterocycles. The van der Waals surface area contributed by atoms with Gasteiger partial charge in [-0.15, -0.1) is 5.10 Å². The van der Waals surface area contributed by atoms with Crippen molar-refractivity contribution in [2.45, 2.75) is 0 Å². The maximum Gasteiger partial charge on any atom is 0.311 e. The monoisotopic (exact) mass is 298 g/mol. The summed E-state index contributed by atoms with van der Waals surface area (Å²) >= 11 is 0. The Kier molecular flexibility index (Phi) is 3.26. The molecule has 2 aromatic carbocycles. The van der Waals surface area contributed by atoms with Crippen LogP contribution in [-0.2, 0) is 0 Å². The molecular weight excluding hydrogens is 288 g/mol. The van der Waals surface area contributed by atoms with Crippen molar-refractivity contribution in [3.8, 4) is 5.75 Å². The first-order valence-corrected chi connectivity index (χ1v) is 6.29. The van der Waals surface area contributed by atoms with Gasteiger partial charge in [0.05, 0.1) is 17.5 Å². The second kappa shape index (κ2) is 5.24. The lowest BCUT2D eigenvalue weighted by Gasteiger charge is -2.04. The molecule has 0 saturated heterocycles. The maximum atomic E-state index is 12.5. The summed E-state index contributed by atoms with van der Waals surface area (Å²) in [6, 6.07) is 11.0. The van der Waals surface area contributed by atoms with Crippen molar-refractivity contribution in [3.63, 3.8) is 0 Å². The molecule has 0 fully saturated rings. The summed E-state index contributed by atoms with van der Waals surface area (Å²) in [5.41, 5.74) is 0.950. The molecule has 0 bridgehead atoms. The van der Waals surface area contributed by atoms with E-state index in [9.17, 15) is 14.9 Å². The Hall–Kier alpha value is -3.29. The largest absolute Gasteiger partial charge is 0.490 e. The van der Waals surface area contributed by atoms with Gasteiger partial charge < -0.3 is 4.74 Å². The second-order valence-corrected chi connectivity index (χ2v) is 4.44. The number of nitro groups is 1. The Balaban J connectivity index is 2.09. The summed E-state index contributed by atoms with van der Waals surface area (Å²) in [7, 11) is 1.33. The van der Waals surface area contributed by atoms with Crippen LogP contribution < -0.4 is 4.74 Å². The Morgan fingerprint density at radius 3 is 2.77 bits per heavy atom. The summed E-state index contributed by atoms with van der Waals surface area (Å²) < 4.78 is 6.03. The van der Waals surface area contributed by atoms with Crippen molar-refractivity contribution in [1.82, 2.24) is 15.0 Å². The van der Waals surface area contributed by atoms with Crippen LogP contribution in [0.1, 0.15) is 10.4 Å². The molecule has 0 aliphatic rings. The van der Waals surface area contributed by atoms with Crippen LogP contribution in [0.3, 0.4) is 0 Å². The van der Waals surface area contributed by atoms with E-state index in [0.29, 0.717) is 11.0 Å². The highest BCUT2D eigenvalue weighted by Crippen LogP contribution is 2.28. The highest BCUT2D eigenvalue weighted by Gasteiger charge is 2.20. The predicted molar refractivity (Wildman–Crippen MR) is 76.9 cm³/mol. The molecule has 0 unspecified atom stereocenters. The molecule has 3 aromatic rings. The minimum atomic E-state index is -0.602. The summed E-state index contributed by atoms with van der Waals surface area (Å²) in [6.45, 7) is 0. The first-order chi connectivity index (χ1) is 10.6. The molecule has 0 spiro atoms. The number of nitro benzene ring substituents is 1. The van der Waals surface area contributed by atoms with Crippen LogP contribution in [0.5, 0.6) is 5.75 Å². The van der Waals surface area contributed by atoms with Gasteiger partial charge in [-0.05, 0) is 24.3 Å². The van der Waals surface area contributed by atoms with Crippen LogP contribution >= 0.6 is 0 Å². The van der Waals surface area contributed by atoms with Crippen LogP contribution in [0.25, 0.3) is 11.0 Å². The number of ether oxygens (including phenoxy) is 1. The van der Waals surface area contributed by atoms with E-state index in [1.807, 2.05) is 0 Å². The van der Waals surface area contributed by atoms with Crippen LogP contribution in [0, 0.1) is 10.1 Å². The summed E-state index contributed by atoms with van der Waals surface area (Å²) in [5.74, 6) is -0.413. The average Bonchev–Trinajstić information content (AvgIpc) is 2.97. The number of para-hydroxylation sites is 1. The number of fused-ring (bicyclic) bond motifs is 1. The highest BCUT2D eigenvalue weighted by molar-refractivity contribution is 6.00. The number of hydrogen-bond donors (Lipinski definition) is 0. The molecule has 0 saturated carbocycles. The second-order valence-electron chi connectivity index (χ2n) is 4.44. The van der Waals surface area contributed by atoms with Crippen molar-refractivity contribution >= 4 is 22.6 Å². The van der Waals surface area contributed by atoms with Gasteiger partial charge in [0.2, 0.25) is 0 Å². The van der Waals surface area contributed by atoms with Crippen molar-refractivity contribution in [2.75, 3.05) is 7.11 Å². The Bertz CT molecular complexity index is 887. The fourth-order valence-electron chi connectivity index (χ4n) is 2.11. The summed E-state index contributed by atoms with van der Waals surface area (Å²) in [4.78, 5) is 22.9. The summed E-state index contributed by atoms with van der Waals surface area (Å²) in [6.07, 6.45) is 0. The average molecular weight is 298 g/mol. The maximum absolute atomic E-state index is 12.5. The molecule has 8 heteroatoms. The van der Waals surface area contributed by atoms with Gasteiger partial charge in [-0.3, -0.25) is 14.9 Å². The van der Waals surface area contributed by atoms with E-state index in [0.717, 1.165) is 10.7 Å². The third kappa shape index (κ3) is 2.16. The van der Waals surface area contributed by atoms with Crippen molar-refractivity contribution in [2.24, 2.45) is 0 Å². The standard InChI is InChI=1S/C14H10N4O4/c1-22-13-7-6-9(8-12(13)18(20)21)14(19)17-11-5-3-2-4-10(11)15-16-17/h2-8H,1H3. The molecule has 3 rings (SSSR count). The zero-order chi connectivity index (χ0) is 15.7. The first kappa shape index (κ1) is 13.7. The topological polar surface area (TPSA) is 100 Å². The molecule has 0 radical (unpaired) electrons. The predicted octanol–water partition coefficient (Wildman–Crippen LogP) is 2.04. The van der Waals surface area contributed by atoms with E-state index < -0.39 is 10.8 Å². The van der Waals surface area contributed by atoms with Crippen molar-refractivity contribution < 1.29 is 14.5 Å². The van der Waals surface area contributed by atoms with Crippen LogP contribution in [0.2, 0.25) is 0 Å². The van der Waals surface area contributed by atoms with Gasteiger partial charge in [0.25, 0.3) is 5.91 Å². The zero-order valence-corrected chi connectivity index (χ0v) is 11.5. The first-order valence-electron chi connectivity index (χ1n) is 6.29. The van der Waals surface area contributed by atoms with Gasteiger partial charge >= 0.3 is 5.69 Å². The summed E-state index contributed by atoms with van der Waals surface area (Å²) in [5, 5.41) is 18.7. The van der Waals surface area contributed by atoms with E-state index in [2.05, 4.69) is 10.3 Å². The molecule has 0 aliphatic carbocycles. The van der Waals surface area contributed by atoms with E-state index in [4.69, 9.17) is 4.74 Å². The minimum Gasteiger partial charge on any atom is -0.490 e. The van der Waals surface area contributed by atoms with E-state index in [1.54, 1.807) is 24.3 Å². The fourth-order valence-corrected chi connectivity index (χ4v) is 2.11. The van der Waals surface area contributed by atoms with Gasteiger partial charge in [-0.2, -0.15) is 4.68 Å². The number of aromatic nitrogens is 3. The smallest absolute Gasteiger partial charge is 0.311 e. The number of methoxy groups -OCH3 is 1. The van der Waals surface area contributed by atoms with Crippen LogP contribution in [-0.4, -0.2) is 32.9 Å². The number of carbonyl (C=O) groups is 1. The number of hydrogen-bond acceptors (Lipinski definition) is 6. The Morgan fingerprint density at radius 1 is 1.27 bits per heavy atom. The lowest BCUT2D eigenvalue weighted by Crippen LogP contribution is -2.14. The Labute approximate surface area is 124 Å². The Morgan fingerprint density at radius 2 is 2.05 bits per heavy atom. The molecule has 22 heavy (non-hydrogen) atoms. The number of benzene rings is 2. The van der Waals surface area contributed by atoms with Gasteiger partial charge in [-0.1, -0.05) is 17.3 Å². The fraction of sp³-hybridized carbons (Fsp3) is 0.0714. The molecule has 0 amide bonds. The van der Waals surface area contributed by atoms with Gasteiger partial charge in [-0.25, -0.2) is 0 Å². The third-order valence-electron chi connectivity index (χ3n) is 3.17. The molecular formula is C14H10N4O4. The lowest BCUT2D eigenvalue weighted by molar-refractivity contribution is -0.385. The number of carbonyl (C=O) groups excluding carboxylic acids is 1. The molecule has 110 valence electrons. The van der Waals surface area contributed by atoms with Gasteiger partial charge in [0, 0.05) is 11.6 Å². The van der Waals surface area contributed by atoms with Crippen molar-refractivity contribution in [1.29, 1.82) is 0 Å². The highest BCUT2D eigenvalue weighted by atomic mass is 16.6. The zero-order valence-electron chi connectivity index (χ0n) is 11.5. The molecule has 0 N–H and O–H groups in total. The quantitative estimate of drug-likeness (QED) is 0.541. The van der Waals surface area contributed by atoms with Crippen LogP contribution in [0.4, 0.5) is 5.69 Å². The van der Waals surface area contributed by atoms with Crippen LogP contribution in [0.15, 0.2) is 42.5 Å². The van der Waals surface area contributed by atoms with E-state index in [1.165, 1.54) is 19.2 Å². The SMILES string of the molecule is COc1ccc(C(=O)n2nnc3ccccc32)cc1[N+](=O)[O-]. The lowest BCUT2D eigenvalue weighted by atomic mass is 10.1. The van der Waals surface area contributed by atoms with Gasteiger partial charge in [0.1, 0.15) is 5.52 Å². The van der Waals surface area contributed by atoms with Crippen molar-refractivity contribution in [3.05, 3.63) is 58.1 Å². The normalized spacial score (nSPS) is 10.6. The third-order valence-corrected chi connectivity index (χ3v) is 3.17. The number of nitrogens with zero attached hydrogens (tertiary/aromatic N) is 4. The molecule has 0 atom stereocenters.